The van der Waals surface area contributed by atoms with Gasteiger partial charge in [-0.25, -0.2) is 0 Å². The summed E-state index contributed by atoms with van der Waals surface area (Å²) < 4.78 is 16.5. The normalized spacial score (nSPS) is 24.2. The van der Waals surface area contributed by atoms with Crippen LogP contribution in [-0.4, -0.2) is 48.2 Å². The predicted octanol–water partition coefficient (Wildman–Crippen LogP) is 2.93. The third-order valence-corrected chi connectivity index (χ3v) is 6.07. The molecule has 2 bridgehead atoms. The molecule has 4 rings (SSSR count). The molecule has 0 radical (unpaired) electrons. The molecule has 2 aromatic rings. The highest BCUT2D eigenvalue weighted by Gasteiger charge is 2.39. The van der Waals surface area contributed by atoms with Gasteiger partial charge in [0.15, 0.2) is 17.2 Å². The van der Waals surface area contributed by atoms with Crippen molar-refractivity contribution < 1.29 is 18.8 Å². The fourth-order valence-corrected chi connectivity index (χ4v) is 4.41. The molecule has 2 atom stereocenters. The molecule has 1 aromatic heterocycles. The molecule has 0 spiro atoms. The zero-order chi connectivity index (χ0) is 19.7. The smallest absolute Gasteiger partial charge is 0.274 e. The summed E-state index contributed by atoms with van der Waals surface area (Å²) in [5, 5.41) is 7.16. The van der Waals surface area contributed by atoms with Gasteiger partial charge in [0.1, 0.15) is 12.4 Å². The van der Waals surface area contributed by atoms with E-state index in [1.54, 1.807) is 14.0 Å². The highest BCUT2D eigenvalue weighted by Crippen LogP contribution is 2.34. The third kappa shape index (κ3) is 3.58. The van der Waals surface area contributed by atoms with Crippen LogP contribution >= 0.6 is 0 Å². The van der Waals surface area contributed by atoms with Gasteiger partial charge in [-0.2, -0.15) is 0 Å². The number of benzene rings is 1. The lowest BCUT2D eigenvalue weighted by atomic mass is 9.98. The number of carbonyl (C=O) groups excluding carboxylic acids is 1. The van der Waals surface area contributed by atoms with E-state index in [2.05, 4.69) is 22.4 Å². The van der Waals surface area contributed by atoms with E-state index in [4.69, 9.17) is 14.0 Å². The maximum atomic E-state index is 12.9. The van der Waals surface area contributed by atoms with E-state index in [-0.39, 0.29) is 18.6 Å². The van der Waals surface area contributed by atoms with E-state index >= 15 is 0 Å². The van der Waals surface area contributed by atoms with Crippen LogP contribution in [0.15, 0.2) is 28.8 Å². The molecule has 0 aliphatic carbocycles. The molecule has 7 heteroatoms. The zero-order valence-corrected chi connectivity index (χ0v) is 16.6. The van der Waals surface area contributed by atoms with E-state index in [1.807, 2.05) is 24.3 Å². The van der Waals surface area contributed by atoms with Crippen molar-refractivity contribution in [2.45, 2.75) is 57.3 Å². The number of hydrogen-bond acceptors (Lipinski definition) is 6. The molecule has 2 fully saturated rings. The van der Waals surface area contributed by atoms with Crippen LogP contribution in [0, 0.1) is 6.92 Å². The van der Waals surface area contributed by atoms with Crippen LogP contribution in [0.1, 0.15) is 47.5 Å². The summed E-state index contributed by atoms with van der Waals surface area (Å²) in [6.45, 7) is 1.98. The summed E-state index contributed by atoms with van der Waals surface area (Å²) in [5.74, 6) is 1.65. The standard InChI is InChI=1S/C21H27N3O4/c1-13-17(12-27-19-7-5-4-6-18(19)26-3)20(23-28-13)21(25)22-14-10-15-8-9-16(11-14)24(15)2/h4-7,14-16H,8-12H2,1-3H3,(H,22,25). The summed E-state index contributed by atoms with van der Waals surface area (Å²) in [5.41, 5.74) is 0.970. The number of fused-ring (bicyclic) bond motifs is 2. The maximum Gasteiger partial charge on any atom is 0.274 e. The average molecular weight is 385 g/mol. The van der Waals surface area contributed by atoms with Crippen molar-refractivity contribution >= 4 is 5.91 Å². The Morgan fingerprint density at radius 3 is 2.61 bits per heavy atom. The van der Waals surface area contributed by atoms with Crippen LogP contribution in [-0.2, 0) is 6.61 Å². The van der Waals surface area contributed by atoms with Crippen molar-refractivity contribution in [3.63, 3.8) is 0 Å². The van der Waals surface area contributed by atoms with E-state index in [0.29, 0.717) is 40.6 Å². The van der Waals surface area contributed by atoms with Gasteiger partial charge in [-0.1, -0.05) is 17.3 Å². The number of para-hydroxylation sites is 2. The summed E-state index contributed by atoms with van der Waals surface area (Å²) in [6, 6.07) is 8.73. The van der Waals surface area contributed by atoms with Gasteiger partial charge in [0, 0.05) is 18.1 Å². The monoisotopic (exact) mass is 385 g/mol. The van der Waals surface area contributed by atoms with Crippen molar-refractivity contribution in [3.8, 4) is 11.5 Å². The van der Waals surface area contributed by atoms with E-state index in [1.165, 1.54) is 12.8 Å². The quantitative estimate of drug-likeness (QED) is 0.824. The van der Waals surface area contributed by atoms with Crippen LogP contribution in [0.5, 0.6) is 11.5 Å². The van der Waals surface area contributed by atoms with Gasteiger partial charge in [-0.3, -0.25) is 4.79 Å². The molecule has 28 heavy (non-hydrogen) atoms. The highest BCUT2D eigenvalue weighted by molar-refractivity contribution is 5.94. The summed E-state index contributed by atoms with van der Waals surface area (Å²) in [4.78, 5) is 15.3. The van der Waals surface area contributed by atoms with Gasteiger partial charge in [0.2, 0.25) is 0 Å². The molecule has 1 aromatic carbocycles. The Morgan fingerprint density at radius 2 is 1.93 bits per heavy atom. The fourth-order valence-electron chi connectivity index (χ4n) is 4.41. The Labute approximate surface area is 165 Å². The first kappa shape index (κ1) is 18.8. The molecule has 2 saturated heterocycles. The number of carbonyl (C=O) groups is 1. The molecule has 1 N–H and O–H groups in total. The first-order chi connectivity index (χ1) is 13.6. The summed E-state index contributed by atoms with van der Waals surface area (Å²) >= 11 is 0. The molecule has 3 heterocycles. The van der Waals surface area contributed by atoms with Gasteiger partial charge in [0.25, 0.3) is 5.91 Å². The zero-order valence-electron chi connectivity index (χ0n) is 16.6. The largest absolute Gasteiger partial charge is 0.493 e. The number of methoxy groups -OCH3 is 1. The number of ether oxygens (including phenoxy) is 2. The van der Waals surface area contributed by atoms with Crippen LogP contribution in [0.4, 0.5) is 0 Å². The van der Waals surface area contributed by atoms with E-state index < -0.39 is 0 Å². The number of hydrogen-bond donors (Lipinski definition) is 1. The summed E-state index contributed by atoms with van der Waals surface area (Å²) in [7, 11) is 3.79. The molecule has 150 valence electrons. The number of amides is 1. The highest BCUT2D eigenvalue weighted by atomic mass is 16.5. The van der Waals surface area contributed by atoms with Crippen LogP contribution < -0.4 is 14.8 Å². The van der Waals surface area contributed by atoms with Gasteiger partial charge in [-0.05, 0) is 51.8 Å². The van der Waals surface area contributed by atoms with Crippen LogP contribution in [0.3, 0.4) is 0 Å². The number of rotatable bonds is 6. The first-order valence-corrected chi connectivity index (χ1v) is 9.80. The van der Waals surface area contributed by atoms with E-state index in [0.717, 1.165) is 12.8 Å². The van der Waals surface area contributed by atoms with Crippen molar-refractivity contribution in [2.24, 2.45) is 0 Å². The minimum Gasteiger partial charge on any atom is -0.493 e. The molecular weight excluding hydrogens is 358 g/mol. The average Bonchev–Trinajstić information content (AvgIpc) is 3.14. The molecule has 2 aliphatic rings. The van der Waals surface area contributed by atoms with Crippen molar-refractivity contribution in [2.75, 3.05) is 14.2 Å². The molecule has 2 unspecified atom stereocenters. The third-order valence-electron chi connectivity index (χ3n) is 6.07. The number of nitrogens with one attached hydrogen (secondary N) is 1. The SMILES string of the molecule is COc1ccccc1OCc1c(C(=O)NC2CC3CCC(C2)N3C)noc1C. The Morgan fingerprint density at radius 1 is 1.25 bits per heavy atom. The number of aryl methyl sites for hydroxylation is 1. The number of aromatic nitrogens is 1. The Balaban J connectivity index is 1.43. The lowest BCUT2D eigenvalue weighted by molar-refractivity contribution is 0.0871. The molecular formula is C21H27N3O4. The number of piperidine rings is 1. The minimum absolute atomic E-state index is 0.182. The lowest BCUT2D eigenvalue weighted by Gasteiger charge is -2.36. The van der Waals surface area contributed by atoms with Crippen molar-refractivity contribution in [1.82, 2.24) is 15.4 Å². The lowest BCUT2D eigenvalue weighted by Crippen LogP contribution is -2.48. The predicted molar refractivity (Wildman–Crippen MR) is 104 cm³/mol. The van der Waals surface area contributed by atoms with Gasteiger partial charge < -0.3 is 24.2 Å². The van der Waals surface area contributed by atoms with Crippen molar-refractivity contribution in [1.29, 1.82) is 0 Å². The second-order valence-electron chi connectivity index (χ2n) is 7.70. The van der Waals surface area contributed by atoms with Crippen LogP contribution in [0.25, 0.3) is 0 Å². The fraction of sp³-hybridized carbons (Fsp3) is 0.524. The maximum absolute atomic E-state index is 12.9. The molecule has 7 nitrogen and oxygen atoms in total. The van der Waals surface area contributed by atoms with Gasteiger partial charge in [-0.15, -0.1) is 0 Å². The van der Waals surface area contributed by atoms with Crippen molar-refractivity contribution in [3.05, 3.63) is 41.3 Å². The molecule has 0 saturated carbocycles. The molecule has 1 amide bonds. The minimum atomic E-state index is -0.190. The van der Waals surface area contributed by atoms with Gasteiger partial charge >= 0.3 is 0 Å². The second-order valence-corrected chi connectivity index (χ2v) is 7.70. The second kappa shape index (κ2) is 7.83. The molecule has 2 aliphatic heterocycles. The topological polar surface area (TPSA) is 76.8 Å². The Kier molecular flexibility index (Phi) is 5.26. The van der Waals surface area contributed by atoms with Gasteiger partial charge in [0.05, 0.1) is 12.7 Å². The summed E-state index contributed by atoms with van der Waals surface area (Å²) in [6.07, 6.45) is 4.41. The Bertz CT molecular complexity index is 836. The first-order valence-electron chi connectivity index (χ1n) is 9.80. The van der Waals surface area contributed by atoms with Crippen LogP contribution in [0.2, 0.25) is 0 Å². The van der Waals surface area contributed by atoms with E-state index in [9.17, 15) is 4.79 Å². The number of nitrogens with zero attached hydrogens (tertiary/aromatic N) is 2. The Hall–Kier alpha value is -2.54.